The van der Waals surface area contributed by atoms with E-state index < -0.39 is 0 Å². The van der Waals surface area contributed by atoms with Crippen LogP contribution in [-0.2, 0) is 0 Å². The van der Waals surface area contributed by atoms with Crippen molar-refractivity contribution in [2.75, 3.05) is 5.73 Å². The first-order valence-corrected chi connectivity index (χ1v) is 4.02. The SMILES string of the molecule is Cc1cc(N)nc2cc(O)ccc12. The number of aryl methyl sites for hydroxylation is 1. The summed E-state index contributed by atoms with van der Waals surface area (Å²) in [7, 11) is 0. The van der Waals surface area contributed by atoms with E-state index in [1.54, 1.807) is 12.1 Å². The van der Waals surface area contributed by atoms with Gasteiger partial charge in [0.05, 0.1) is 5.52 Å². The van der Waals surface area contributed by atoms with Crippen LogP contribution in [0.5, 0.6) is 5.75 Å². The fraction of sp³-hybridized carbons (Fsp3) is 0.100. The standard InChI is InChI=1S/C10H10N2O/c1-6-4-10(11)12-9-5-7(13)2-3-8(6)9/h2-5,13H,1H3,(H2,11,12). The van der Waals surface area contributed by atoms with E-state index in [2.05, 4.69) is 4.98 Å². The van der Waals surface area contributed by atoms with Crippen LogP contribution < -0.4 is 5.73 Å². The Labute approximate surface area is 75.8 Å². The molecule has 0 unspecified atom stereocenters. The van der Waals surface area contributed by atoms with Crippen LogP contribution in [0.1, 0.15) is 5.56 Å². The Balaban J connectivity index is 2.86. The second-order valence-corrected chi connectivity index (χ2v) is 3.07. The molecule has 0 saturated carbocycles. The Morgan fingerprint density at radius 1 is 1.31 bits per heavy atom. The van der Waals surface area contributed by atoms with E-state index in [0.717, 1.165) is 16.5 Å². The summed E-state index contributed by atoms with van der Waals surface area (Å²) in [5.41, 5.74) is 7.39. The Hall–Kier alpha value is -1.77. The third kappa shape index (κ3) is 1.28. The molecular weight excluding hydrogens is 164 g/mol. The van der Waals surface area contributed by atoms with E-state index in [0.29, 0.717) is 5.82 Å². The minimum absolute atomic E-state index is 0.213. The van der Waals surface area contributed by atoms with Crippen molar-refractivity contribution in [2.45, 2.75) is 6.92 Å². The molecule has 0 saturated heterocycles. The summed E-state index contributed by atoms with van der Waals surface area (Å²) in [6, 6.07) is 6.91. The van der Waals surface area contributed by atoms with E-state index in [1.807, 2.05) is 19.1 Å². The van der Waals surface area contributed by atoms with E-state index in [4.69, 9.17) is 5.73 Å². The van der Waals surface area contributed by atoms with Crippen LogP contribution in [-0.4, -0.2) is 10.1 Å². The lowest BCUT2D eigenvalue weighted by molar-refractivity contribution is 0.476. The topological polar surface area (TPSA) is 59.1 Å². The van der Waals surface area contributed by atoms with Crippen molar-refractivity contribution in [1.82, 2.24) is 4.98 Å². The van der Waals surface area contributed by atoms with Gasteiger partial charge in [-0.25, -0.2) is 4.98 Å². The zero-order chi connectivity index (χ0) is 9.42. The Bertz CT molecular complexity index is 460. The lowest BCUT2D eigenvalue weighted by Crippen LogP contribution is -1.92. The number of fused-ring (bicyclic) bond motifs is 1. The smallest absolute Gasteiger partial charge is 0.124 e. The maximum atomic E-state index is 9.23. The molecule has 1 heterocycles. The molecule has 3 heteroatoms. The quantitative estimate of drug-likeness (QED) is 0.640. The fourth-order valence-corrected chi connectivity index (χ4v) is 1.42. The number of benzene rings is 1. The molecule has 0 fully saturated rings. The van der Waals surface area contributed by atoms with E-state index >= 15 is 0 Å². The second-order valence-electron chi connectivity index (χ2n) is 3.07. The summed E-state index contributed by atoms with van der Waals surface area (Å²) in [5.74, 6) is 0.695. The molecule has 0 bridgehead atoms. The number of hydrogen-bond acceptors (Lipinski definition) is 3. The normalized spacial score (nSPS) is 10.5. The molecule has 0 radical (unpaired) electrons. The first-order chi connectivity index (χ1) is 6.16. The lowest BCUT2D eigenvalue weighted by Gasteiger charge is -2.03. The molecular formula is C10H10N2O. The van der Waals surface area contributed by atoms with Crippen LogP contribution in [0.25, 0.3) is 10.9 Å². The van der Waals surface area contributed by atoms with Crippen molar-refractivity contribution < 1.29 is 5.11 Å². The number of phenols is 1. The van der Waals surface area contributed by atoms with Gasteiger partial charge >= 0.3 is 0 Å². The molecule has 1 aromatic carbocycles. The largest absolute Gasteiger partial charge is 0.508 e. The van der Waals surface area contributed by atoms with Gasteiger partial charge in [0.2, 0.25) is 0 Å². The number of pyridine rings is 1. The number of nitrogens with zero attached hydrogens (tertiary/aromatic N) is 1. The molecule has 3 nitrogen and oxygen atoms in total. The maximum Gasteiger partial charge on any atom is 0.124 e. The Morgan fingerprint density at radius 3 is 2.85 bits per heavy atom. The molecule has 1 aromatic heterocycles. The molecule has 66 valence electrons. The molecule has 0 aliphatic carbocycles. The van der Waals surface area contributed by atoms with Crippen LogP contribution in [0, 0.1) is 6.92 Å². The highest BCUT2D eigenvalue weighted by Crippen LogP contribution is 2.22. The van der Waals surface area contributed by atoms with Crippen molar-refractivity contribution in [3.8, 4) is 5.75 Å². The number of rotatable bonds is 0. The summed E-state index contributed by atoms with van der Waals surface area (Å²) in [6.45, 7) is 1.97. The third-order valence-electron chi connectivity index (χ3n) is 2.02. The van der Waals surface area contributed by atoms with Crippen molar-refractivity contribution in [3.63, 3.8) is 0 Å². The van der Waals surface area contributed by atoms with Gasteiger partial charge in [0.25, 0.3) is 0 Å². The highest BCUT2D eigenvalue weighted by molar-refractivity contribution is 5.84. The molecule has 0 amide bonds. The van der Waals surface area contributed by atoms with Crippen LogP contribution in [0.3, 0.4) is 0 Å². The molecule has 2 rings (SSSR count). The molecule has 0 aliphatic heterocycles. The Kier molecular flexibility index (Phi) is 1.59. The zero-order valence-corrected chi connectivity index (χ0v) is 7.28. The summed E-state index contributed by atoms with van der Waals surface area (Å²) < 4.78 is 0. The highest BCUT2D eigenvalue weighted by atomic mass is 16.3. The number of anilines is 1. The molecule has 0 aliphatic rings. The molecule has 0 spiro atoms. The van der Waals surface area contributed by atoms with Crippen LogP contribution >= 0.6 is 0 Å². The van der Waals surface area contributed by atoms with Crippen molar-refractivity contribution >= 4 is 16.7 Å². The van der Waals surface area contributed by atoms with Gasteiger partial charge in [0.1, 0.15) is 11.6 Å². The molecule has 13 heavy (non-hydrogen) atoms. The molecule has 3 N–H and O–H groups in total. The number of hydrogen-bond donors (Lipinski definition) is 2. The van der Waals surface area contributed by atoms with Gasteiger partial charge in [-0.1, -0.05) is 0 Å². The predicted molar refractivity (Wildman–Crippen MR) is 52.6 cm³/mol. The number of phenolic OH excluding ortho intramolecular Hbond substituents is 1. The minimum Gasteiger partial charge on any atom is -0.508 e. The second kappa shape index (κ2) is 2.62. The minimum atomic E-state index is 0.213. The van der Waals surface area contributed by atoms with Crippen molar-refractivity contribution in [2.24, 2.45) is 0 Å². The number of nitrogens with two attached hydrogens (primary N) is 1. The van der Waals surface area contributed by atoms with Gasteiger partial charge in [0, 0.05) is 11.5 Å². The Morgan fingerprint density at radius 2 is 2.08 bits per heavy atom. The fourth-order valence-electron chi connectivity index (χ4n) is 1.42. The van der Waals surface area contributed by atoms with Gasteiger partial charge < -0.3 is 10.8 Å². The zero-order valence-electron chi connectivity index (χ0n) is 7.28. The van der Waals surface area contributed by atoms with Crippen LogP contribution in [0.2, 0.25) is 0 Å². The average molecular weight is 174 g/mol. The number of aromatic nitrogens is 1. The van der Waals surface area contributed by atoms with Crippen molar-refractivity contribution in [1.29, 1.82) is 0 Å². The highest BCUT2D eigenvalue weighted by Gasteiger charge is 2.00. The first-order valence-electron chi connectivity index (χ1n) is 4.02. The summed E-state index contributed by atoms with van der Waals surface area (Å²) >= 11 is 0. The average Bonchev–Trinajstić information content (AvgIpc) is 2.02. The molecule has 2 aromatic rings. The van der Waals surface area contributed by atoms with E-state index in [-0.39, 0.29) is 5.75 Å². The van der Waals surface area contributed by atoms with E-state index in [9.17, 15) is 5.11 Å². The monoisotopic (exact) mass is 174 g/mol. The molecule has 0 atom stereocenters. The summed E-state index contributed by atoms with van der Waals surface area (Å²) in [5, 5.41) is 10.3. The van der Waals surface area contributed by atoms with E-state index in [1.165, 1.54) is 0 Å². The lowest BCUT2D eigenvalue weighted by atomic mass is 10.1. The van der Waals surface area contributed by atoms with Gasteiger partial charge in [-0.15, -0.1) is 0 Å². The summed E-state index contributed by atoms with van der Waals surface area (Å²) in [6.07, 6.45) is 0. The summed E-state index contributed by atoms with van der Waals surface area (Å²) in [4.78, 5) is 4.12. The van der Waals surface area contributed by atoms with Crippen molar-refractivity contribution in [3.05, 3.63) is 29.8 Å². The first kappa shape index (κ1) is 7.86. The van der Waals surface area contributed by atoms with Gasteiger partial charge in [-0.2, -0.15) is 0 Å². The third-order valence-corrected chi connectivity index (χ3v) is 2.02. The van der Waals surface area contributed by atoms with Crippen LogP contribution in [0.4, 0.5) is 5.82 Å². The number of aromatic hydroxyl groups is 1. The van der Waals surface area contributed by atoms with Crippen LogP contribution in [0.15, 0.2) is 24.3 Å². The number of nitrogen functional groups attached to an aromatic ring is 1. The van der Waals surface area contributed by atoms with Gasteiger partial charge in [-0.3, -0.25) is 0 Å². The predicted octanol–water partition coefficient (Wildman–Crippen LogP) is 1.83. The van der Waals surface area contributed by atoms with Gasteiger partial charge in [0.15, 0.2) is 0 Å². The maximum absolute atomic E-state index is 9.23. The van der Waals surface area contributed by atoms with Gasteiger partial charge in [-0.05, 0) is 30.7 Å².